The minimum absolute atomic E-state index is 0.800. The van der Waals surface area contributed by atoms with Gasteiger partial charge in [-0.1, -0.05) is 13.8 Å². The lowest BCUT2D eigenvalue weighted by Crippen LogP contribution is -2.20. The van der Waals surface area contributed by atoms with Crippen LogP contribution in [0.4, 0.5) is 4.79 Å². The third kappa shape index (κ3) is 3.60. The van der Waals surface area contributed by atoms with Crippen molar-refractivity contribution in [3.8, 4) is 0 Å². The summed E-state index contributed by atoms with van der Waals surface area (Å²) in [7, 11) is 1.42. The van der Waals surface area contributed by atoms with E-state index in [0.717, 1.165) is 23.6 Å². The molecule has 0 fully saturated rings. The van der Waals surface area contributed by atoms with Gasteiger partial charge in [0.05, 0.1) is 0 Å². The highest BCUT2D eigenvalue weighted by molar-refractivity contribution is 5.84. The number of hydrazone groups is 1. The van der Waals surface area contributed by atoms with E-state index in [0.29, 0.717) is 0 Å². The molecule has 0 atom stereocenters. The van der Waals surface area contributed by atoms with Crippen LogP contribution in [0, 0.1) is 0 Å². The van der Waals surface area contributed by atoms with Crippen LogP contribution < -0.4 is 0 Å². The van der Waals surface area contributed by atoms with Crippen LogP contribution in [-0.4, -0.2) is 29.0 Å². The zero-order valence-corrected chi connectivity index (χ0v) is 7.16. The zero-order valence-electron chi connectivity index (χ0n) is 7.16. The predicted octanol–water partition coefficient (Wildman–Crippen LogP) is 1.77. The van der Waals surface area contributed by atoms with Gasteiger partial charge in [-0.25, -0.2) is 9.80 Å². The van der Waals surface area contributed by atoms with Crippen LogP contribution in [-0.2, 0) is 0 Å². The Bertz CT molecular complexity index is 160. The molecule has 0 radical (unpaired) electrons. The monoisotopic (exact) mass is 158 g/mol. The number of carboxylic acid groups (broad SMARTS) is 1. The van der Waals surface area contributed by atoms with E-state index in [9.17, 15) is 4.79 Å². The molecule has 0 aliphatic rings. The molecule has 1 amide bonds. The van der Waals surface area contributed by atoms with Gasteiger partial charge in [0.2, 0.25) is 0 Å². The van der Waals surface area contributed by atoms with Gasteiger partial charge in [-0.2, -0.15) is 5.10 Å². The first-order chi connectivity index (χ1) is 5.11. The minimum Gasteiger partial charge on any atom is -0.464 e. The molecule has 0 heterocycles. The highest BCUT2D eigenvalue weighted by atomic mass is 16.4. The molecule has 0 unspecified atom stereocenters. The average Bonchev–Trinajstić information content (AvgIpc) is 1.99. The molecule has 0 saturated heterocycles. The summed E-state index contributed by atoms with van der Waals surface area (Å²) < 4.78 is 0. The molecule has 11 heavy (non-hydrogen) atoms. The van der Waals surface area contributed by atoms with Crippen molar-refractivity contribution in [1.29, 1.82) is 0 Å². The smallest absolute Gasteiger partial charge is 0.427 e. The van der Waals surface area contributed by atoms with Crippen LogP contribution in [0.15, 0.2) is 5.10 Å². The van der Waals surface area contributed by atoms with E-state index in [1.165, 1.54) is 7.05 Å². The summed E-state index contributed by atoms with van der Waals surface area (Å²) in [5.74, 6) is 0. The number of nitrogens with zero attached hydrogens (tertiary/aromatic N) is 2. The normalized spacial score (nSPS) is 9.00. The number of hydrogen-bond acceptors (Lipinski definition) is 2. The Labute approximate surface area is 66.5 Å². The highest BCUT2D eigenvalue weighted by Gasteiger charge is 2.02. The van der Waals surface area contributed by atoms with E-state index in [-0.39, 0.29) is 0 Å². The molecular weight excluding hydrogens is 144 g/mol. The van der Waals surface area contributed by atoms with E-state index in [4.69, 9.17) is 5.11 Å². The van der Waals surface area contributed by atoms with Gasteiger partial charge in [-0.15, -0.1) is 0 Å². The summed E-state index contributed by atoms with van der Waals surface area (Å²) in [4.78, 5) is 10.3. The van der Waals surface area contributed by atoms with Gasteiger partial charge in [-0.3, -0.25) is 0 Å². The van der Waals surface area contributed by atoms with Crippen molar-refractivity contribution in [2.75, 3.05) is 7.05 Å². The molecule has 0 aromatic carbocycles. The Hall–Kier alpha value is -1.06. The van der Waals surface area contributed by atoms with Crippen LogP contribution in [0.1, 0.15) is 26.7 Å². The van der Waals surface area contributed by atoms with E-state index < -0.39 is 6.09 Å². The van der Waals surface area contributed by atoms with Gasteiger partial charge in [0.1, 0.15) is 0 Å². The third-order valence-electron chi connectivity index (χ3n) is 1.38. The van der Waals surface area contributed by atoms with Crippen LogP contribution in [0.2, 0.25) is 0 Å². The van der Waals surface area contributed by atoms with Gasteiger partial charge < -0.3 is 5.11 Å². The Morgan fingerprint density at radius 3 is 2.18 bits per heavy atom. The largest absolute Gasteiger partial charge is 0.464 e. The van der Waals surface area contributed by atoms with Gasteiger partial charge in [0, 0.05) is 12.8 Å². The molecule has 0 aliphatic carbocycles. The van der Waals surface area contributed by atoms with Crippen molar-refractivity contribution in [2.45, 2.75) is 26.7 Å². The SMILES string of the molecule is CCC(CC)=NN(C)C(=O)O. The molecular formula is C7H14N2O2. The van der Waals surface area contributed by atoms with E-state index >= 15 is 0 Å². The van der Waals surface area contributed by atoms with Crippen LogP contribution in [0.3, 0.4) is 0 Å². The average molecular weight is 158 g/mol. The van der Waals surface area contributed by atoms with Crippen LogP contribution >= 0.6 is 0 Å². The van der Waals surface area contributed by atoms with Crippen molar-refractivity contribution in [2.24, 2.45) is 5.10 Å². The summed E-state index contributed by atoms with van der Waals surface area (Å²) in [5.41, 5.74) is 0.898. The van der Waals surface area contributed by atoms with Crippen LogP contribution in [0.25, 0.3) is 0 Å². The fraction of sp³-hybridized carbons (Fsp3) is 0.714. The molecule has 0 spiro atoms. The zero-order chi connectivity index (χ0) is 8.85. The fourth-order valence-electron chi connectivity index (χ4n) is 0.646. The first-order valence-corrected chi connectivity index (χ1v) is 3.64. The van der Waals surface area contributed by atoms with Gasteiger partial charge >= 0.3 is 6.09 Å². The summed E-state index contributed by atoms with van der Waals surface area (Å²) in [5, 5.41) is 13.2. The van der Waals surface area contributed by atoms with E-state index in [1.807, 2.05) is 13.8 Å². The lowest BCUT2D eigenvalue weighted by molar-refractivity contribution is 0.157. The minimum atomic E-state index is -1.02. The second-order valence-corrected chi connectivity index (χ2v) is 2.18. The maximum atomic E-state index is 10.3. The molecule has 4 nitrogen and oxygen atoms in total. The molecule has 0 aliphatic heterocycles. The van der Waals surface area contributed by atoms with Gasteiger partial charge in [0.15, 0.2) is 0 Å². The summed E-state index contributed by atoms with van der Waals surface area (Å²) >= 11 is 0. The first kappa shape index (κ1) is 9.94. The molecule has 0 aromatic rings. The maximum Gasteiger partial charge on any atom is 0.427 e. The molecule has 0 saturated carbocycles. The maximum absolute atomic E-state index is 10.3. The Morgan fingerprint density at radius 2 is 1.91 bits per heavy atom. The number of carbonyl (C=O) groups is 1. The van der Waals surface area contributed by atoms with E-state index in [2.05, 4.69) is 5.10 Å². The van der Waals surface area contributed by atoms with Crippen LogP contribution in [0.5, 0.6) is 0 Å². The molecule has 0 rings (SSSR count). The quantitative estimate of drug-likeness (QED) is 0.502. The predicted molar refractivity (Wildman–Crippen MR) is 43.8 cm³/mol. The van der Waals surface area contributed by atoms with Crippen molar-refractivity contribution in [3.05, 3.63) is 0 Å². The molecule has 64 valence electrons. The van der Waals surface area contributed by atoms with E-state index in [1.54, 1.807) is 0 Å². The lowest BCUT2D eigenvalue weighted by Gasteiger charge is -2.07. The van der Waals surface area contributed by atoms with Crippen molar-refractivity contribution < 1.29 is 9.90 Å². The molecule has 0 aromatic heterocycles. The summed E-state index contributed by atoms with van der Waals surface area (Å²) in [6, 6.07) is 0. The fourth-order valence-corrected chi connectivity index (χ4v) is 0.646. The number of amides is 1. The Morgan fingerprint density at radius 1 is 1.45 bits per heavy atom. The molecule has 1 N–H and O–H groups in total. The molecule has 0 bridgehead atoms. The number of hydrogen-bond donors (Lipinski definition) is 1. The summed E-state index contributed by atoms with van der Waals surface area (Å²) in [6.07, 6.45) is 0.576. The topological polar surface area (TPSA) is 52.9 Å². The third-order valence-corrected chi connectivity index (χ3v) is 1.38. The van der Waals surface area contributed by atoms with Crippen molar-refractivity contribution >= 4 is 11.8 Å². The van der Waals surface area contributed by atoms with Crippen molar-refractivity contribution in [3.63, 3.8) is 0 Å². The second-order valence-electron chi connectivity index (χ2n) is 2.18. The standard InChI is InChI=1S/C7H14N2O2/c1-4-6(5-2)8-9(3)7(10)11/h4-5H2,1-3H3,(H,10,11). The second kappa shape index (κ2) is 4.71. The lowest BCUT2D eigenvalue weighted by atomic mass is 10.2. The van der Waals surface area contributed by atoms with Gasteiger partial charge in [0.25, 0.3) is 0 Å². The molecule has 4 heteroatoms. The number of rotatable bonds is 3. The first-order valence-electron chi connectivity index (χ1n) is 3.64. The van der Waals surface area contributed by atoms with Crippen molar-refractivity contribution in [1.82, 2.24) is 5.01 Å². The Balaban J connectivity index is 4.14. The summed E-state index contributed by atoms with van der Waals surface area (Å²) in [6.45, 7) is 3.91. The Kier molecular flexibility index (Phi) is 4.26. The highest BCUT2D eigenvalue weighted by Crippen LogP contribution is 1.94. The van der Waals surface area contributed by atoms with Gasteiger partial charge in [-0.05, 0) is 12.8 Å².